The fourth-order valence-electron chi connectivity index (χ4n) is 4.60. The second-order valence-electron chi connectivity index (χ2n) is 8.99. The summed E-state index contributed by atoms with van der Waals surface area (Å²) in [4.78, 5) is 28.5. The smallest absolute Gasteiger partial charge is 0.265 e. The first kappa shape index (κ1) is 23.2. The van der Waals surface area contributed by atoms with E-state index in [9.17, 15) is 4.79 Å². The van der Waals surface area contributed by atoms with Crippen molar-refractivity contribution in [2.75, 3.05) is 13.2 Å². The molecule has 7 nitrogen and oxygen atoms in total. The molecule has 0 radical (unpaired) electrons. The van der Waals surface area contributed by atoms with Crippen LogP contribution in [0.2, 0.25) is 0 Å². The third-order valence-electron chi connectivity index (χ3n) is 6.76. The third-order valence-corrected chi connectivity index (χ3v) is 6.76. The summed E-state index contributed by atoms with van der Waals surface area (Å²) in [5, 5.41) is 0.506. The van der Waals surface area contributed by atoms with Gasteiger partial charge in [0.25, 0.3) is 5.56 Å². The van der Waals surface area contributed by atoms with Crippen molar-refractivity contribution in [3.8, 4) is 5.69 Å². The Bertz CT molecular complexity index is 1570. The highest BCUT2D eigenvalue weighted by atomic mass is 16.5. The van der Waals surface area contributed by atoms with Crippen molar-refractivity contribution in [2.24, 2.45) is 0 Å². The monoisotopic (exact) mass is 469 g/mol. The van der Waals surface area contributed by atoms with Crippen molar-refractivity contribution >= 4 is 33.2 Å². The van der Waals surface area contributed by atoms with Gasteiger partial charge >= 0.3 is 0 Å². The van der Waals surface area contributed by atoms with E-state index >= 15 is 0 Å². The van der Waals surface area contributed by atoms with E-state index in [-0.39, 0.29) is 5.56 Å². The molecule has 3 heterocycles. The van der Waals surface area contributed by atoms with Crippen molar-refractivity contribution < 1.29 is 4.74 Å². The minimum Gasteiger partial charge on any atom is -0.382 e. The predicted molar refractivity (Wildman–Crippen MR) is 140 cm³/mol. The predicted octanol–water partition coefficient (Wildman–Crippen LogP) is 5.53. The highest BCUT2D eigenvalue weighted by molar-refractivity contribution is 6.05. The maximum absolute atomic E-state index is 13.8. The summed E-state index contributed by atoms with van der Waals surface area (Å²) >= 11 is 0. The maximum Gasteiger partial charge on any atom is 0.265 e. The molecular weight excluding hydrogens is 438 g/mol. The Kier molecular flexibility index (Phi) is 6.34. The molecule has 7 heteroatoms. The summed E-state index contributed by atoms with van der Waals surface area (Å²) in [7, 11) is 0. The Morgan fingerprint density at radius 2 is 1.66 bits per heavy atom. The van der Waals surface area contributed by atoms with Crippen LogP contribution < -0.4 is 5.56 Å². The van der Waals surface area contributed by atoms with E-state index in [4.69, 9.17) is 19.7 Å². The molecule has 180 valence electrons. The summed E-state index contributed by atoms with van der Waals surface area (Å²) in [6, 6.07) is 16.2. The first-order valence-electron chi connectivity index (χ1n) is 12.4. The fraction of sp³-hybridized carbons (Fsp3) is 0.357. The number of aryl methyl sites for hydroxylation is 1. The van der Waals surface area contributed by atoms with Crippen LogP contribution in [0, 0.1) is 6.92 Å². The minimum atomic E-state index is -0.0893. The van der Waals surface area contributed by atoms with Crippen LogP contribution >= 0.6 is 0 Å². The zero-order chi connectivity index (χ0) is 24.5. The number of hydrogen-bond acceptors (Lipinski definition) is 5. The molecule has 0 N–H and O–H groups in total. The largest absolute Gasteiger partial charge is 0.382 e. The molecule has 0 amide bonds. The van der Waals surface area contributed by atoms with Gasteiger partial charge in [-0.2, -0.15) is 0 Å². The van der Waals surface area contributed by atoms with Crippen molar-refractivity contribution in [1.29, 1.82) is 0 Å². The number of rotatable bonds is 8. The molecule has 5 aromatic rings. The van der Waals surface area contributed by atoms with Gasteiger partial charge in [0, 0.05) is 25.4 Å². The number of ether oxygens (including phenoxy) is 1. The van der Waals surface area contributed by atoms with E-state index in [0.717, 1.165) is 29.6 Å². The molecule has 0 fully saturated rings. The molecule has 5 rings (SSSR count). The Morgan fingerprint density at radius 1 is 0.943 bits per heavy atom. The third kappa shape index (κ3) is 4.10. The van der Waals surface area contributed by atoms with Crippen molar-refractivity contribution in [3.63, 3.8) is 0 Å². The molecule has 0 saturated carbocycles. The second-order valence-corrected chi connectivity index (χ2v) is 8.99. The lowest BCUT2D eigenvalue weighted by Crippen LogP contribution is -2.24. The Labute approximate surface area is 204 Å². The maximum atomic E-state index is 13.8. The van der Waals surface area contributed by atoms with Crippen molar-refractivity contribution in [3.05, 3.63) is 70.3 Å². The van der Waals surface area contributed by atoms with E-state index in [1.165, 1.54) is 5.56 Å². The van der Waals surface area contributed by atoms with Crippen LogP contribution in [0.4, 0.5) is 0 Å². The van der Waals surface area contributed by atoms with Gasteiger partial charge in [0.05, 0.1) is 11.0 Å². The molecule has 0 aliphatic heterocycles. The number of hydrogen-bond donors (Lipinski definition) is 0. The van der Waals surface area contributed by atoms with Gasteiger partial charge < -0.3 is 4.74 Å². The highest BCUT2D eigenvalue weighted by Gasteiger charge is 2.22. The standard InChI is InChI=1S/C28H31N5O2/c1-5-18(3)20-12-14-21(15-13-20)33-26-24(25-27(33)31-23-11-8-7-10-22(23)30-25)28(34)32(19(4)29-26)16-9-17-35-6-2/h7-8,10-15,18H,5-6,9,16-17H2,1-4H3/t18-/m0/s1. The summed E-state index contributed by atoms with van der Waals surface area (Å²) < 4.78 is 9.18. The zero-order valence-electron chi connectivity index (χ0n) is 20.8. The second kappa shape index (κ2) is 9.58. The quantitative estimate of drug-likeness (QED) is 0.279. The average Bonchev–Trinajstić information content (AvgIpc) is 3.19. The van der Waals surface area contributed by atoms with E-state index in [1.54, 1.807) is 4.57 Å². The van der Waals surface area contributed by atoms with Gasteiger partial charge in [0.2, 0.25) is 0 Å². The van der Waals surface area contributed by atoms with Crippen LogP contribution in [0.15, 0.2) is 53.3 Å². The van der Waals surface area contributed by atoms with Crippen molar-refractivity contribution in [2.45, 2.75) is 53.0 Å². The van der Waals surface area contributed by atoms with Gasteiger partial charge in [-0.1, -0.05) is 38.1 Å². The number of fused-ring (bicyclic) bond motifs is 4. The van der Waals surface area contributed by atoms with Gasteiger partial charge in [-0.15, -0.1) is 0 Å². The first-order valence-corrected chi connectivity index (χ1v) is 12.4. The molecule has 0 bridgehead atoms. The number of aromatic nitrogens is 5. The molecule has 0 saturated heterocycles. The zero-order valence-corrected chi connectivity index (χ0v) is 20.8. The van der Waals surface area contributed by atoms with Gasteiger partial charge in [-0.05, 0) is 62.4 Å². The summed E-state index contributed by atoms with van der Waals surface area (Å²) in [6.07, 6.45) is 1.82. The molecule has 1 atom stereocenters. The first-order chi connectivity index (χ1) is 17.0. The molecule has 0 unspecified atom stereocenters. The summed E-state index contributed by atoms with van der Waals surface area (Å²) in [6.45, 7) is 10.1. The van der Waals surface area contributed by atoms with E-state index in [0.29, 0.717) is 53.7 Å². The molecule has 0 aliphatic carbocycles. The SMILES string of the molecule is CCOCCCn1c(C)nc2c(c1=O)c1nc3ccccc3nc1n2-c1ccc([C@@H](C)CC)cc1. The average molecular weight is 470 g/mol. The van der Waals surface area contributed by atoms with Crippen molar-refractivity contribution in [1.82, 2.24) is 24.1 Å². The van der Waals surface area contributed by atoms with E-state index in [1.807, 2.05) is 42.7 Å². The Morgan fingerprint density at radius 3 is 2.34 bits per heavy atom. The lowest BCUT2D eigenvalue weighted by atomic mass is 9.99. The van der Waals surface area contributed by atoms with Crippen LogP contribution in [-0.4, -0.2) is 37.3 Å². The topological polar surface area (TPSA) is 74.8 Å². The number of benzene rings is 2. The van der Waals surface area contributed by atoms with Gasteiger partial charge in [-0.25, -0.2) is 15.0 Å². The molecule has 0 spiro atoms. The normalized spacial score (nSPS) is 12.7. The lowest BCUT2D eigenvalue weighted by Gasteiger charge is -2.12. The van der Waals surface area contributed by atoms with Gasteiger partial charge in [-0.3, -0.25) is 13.9 Å². The number of para-hydroxylation sites is 2. The van der Waals surface area contributed by atoms with Crippen LogP contribution in [0.3, 0.4) is 0 Å². The Balaban J connectivity index is 1.78. The fourth-order valence-corrected chi connectivity index (χ4v) is 4.60. The summed E-state index contributed by atoms with van der Waals surface area (Å²) in [5.41, 5.74) is 5.48. The number of nitrogens with zero attached hydrogens (tertiary/aromatic N) is 5. The minimum absolute atomic E-state index is 0.0893. The molecule has 35 heavy (non-hydrogen) atoms. The molecular formula is C28H31N5O2. The lowest BCUT2D eigenvalue weighted by molar-refractivity contribution is 0.141. The van der Waals surface area contributed by atoms with Gasteiger partial charge in [0.1, 0.15) is 16.7 Å². The van der Waals surface area contributed by atoms with Crippen LogP contribution in [0.25, 0.3) is 38.9 Å². The van der Waals surface area contributed by atoms with Crippen LogP contribution in [-0.2, 0) is 11.3 Å². The molecule has 2 aromatic carbocycles. The van der Waals surface area contributed by atoms with Crippen LogP contribution in [0.5, 0.6) is 0 Å². The van der Waals surface area contributed by atoms with Crippen LogP contribution in [0.1, 0.15) is 50.9 Å². The molecule has 3 aromatic heterocycles. The molecule has 0 aliphatic rings. The highest BCUT2D eigenvalue weighted by Crippen LogP contribution is 2.29. The van der Waals surface area contributed by atoms with E-state index in [2.05, 4.69) is 38.1 Å². The summed E-state index contributed by atoms with van der Waals surface area (Å²) in [5.74, 6) is 1.15. The van der Waals surface area contributed by atoms with E-state index < -0.39 is 0 Å². The Hall–Kier alpha value is -3.58. The van der Waals surface area contributed by atoms with Gasteiger partial charge in [0.15, 0.2) is 11.3 Å².